The number of nitrogens with two attached hydrogens (primary N) is 1. The lowest BCUT2D eigenvalue weighted by Crippen LogP contribution is -2.43. The van der Waals surface area contributed by atoms with Crippen LogP contribution in [-0.2, 0) is 14.8 Å². The smallest absolute Gasteiger partial charge is 0.235 e. The summed E-state index contributed by atoms with van der Waals surface area (Å²) in [6.07, 6.45) is 0. The fourth-order valence-corrected chi connectivity index (χ4v) is 1.68. The maximum Gasteiger partial charge on any atom is 0.235 e. The van der Waals surface area contributed by atoms with Crippen LogP contribution in [0.3, 0.4) is 0 Å². The summed E-state index contributed by atoms with van der Waals surface area (Å²) in [7, 11) is -3.48. The van der Waals surface area contributed by atoms with Crippen LogP contribution in [-0.4, -0.2) is 38.7 Å². The fraction of sp³-hybridized carbons (Fsp3) is 0.875. The quantitative estimate of drug-likeness (QED) is 0.539. The standard InChI is InChI=1S/C8H19N3O3S/c1-6(2)11-8(12)5-10-15(13,14)7(3)4-9/h6-7,10H,4-5,9H2,1-3H3,(H,11,12). The minimum atomic E-state index is -3.48. The number of rotatable bonds is 6. The summed E-state index contributed by atoms with van der Waals surface area (Å²) in [6, 6.07) is -0.00561. The topological polar surface area (TPSA) is 101 Å². The molecule has 0 heterocycles. The van der Waals surface area contributed by atoms with Crippen molar-refractivity contribution in [2.45, 2.75) is 32.1 Å². The second-order valence-electron chi connectivity index (χ2n) is 3.63. The second kappa shape index (κ2) is 6.04. The SMILES string of the molecule is CC(C)NC(=O)CNS(=O)(=O)C(C)CN. The van der Waals surface area contributed by atoms with Gasteiger partial charge in [-0.1, -0.05) is 0 Å². The number of carbonyl (C=O) groups excluding carboxylic acids is 1. The summed E-state index contributed by atoms with van der Waals surface area (Å²) < 4.78 is 25.0. The molecule has 4 N–H and O–H groups in total. The predicted octanol–water partition coefficient (Wildman–Crippen LogP) is -1.22. The lowest BCUT2D eigenvalue weighted by Gasteiger charge is -2.12. The van der Waals surface area contributed by atoms with Crippen molar-refractivity contribution in [3.8, 4) is 0 Å². The first-order chi connectivity index (χ1) is 6.79. The number of carbonyl (C=O) groups is 1. The van der Waals surface area contributed by atoms with E-state index in [1.165, 1.54) is 6.92 Å². The Kier molecular flexibility index (Phi) is 5.77. The Balaban J connectivity index is 4.11. The van der Waals surface area contributed by atoms with Crippen molar-refractivity contribution >= 4 is 15.9 Å². The van der Waals surface area contributed by atoms with Crippen molar-refractivity contribution in [3.05, 3.63) is 0 Å². The van der Waals surface area contributed by atoms with E-state index in [0.29, 0.717) is 0 Å². The Labute approximate surface area is 90.7 Å². The molecule has 1 atom stereocenters. The summed E-state index contributed by atoms with van der Waals surface area (Å²) in [5, 5.41) is 1.88. The zero-order valence-corrected chi connectivity index (χ0v) is 10.1. The van der Waals surface area contributed by atoms with Gasteiger partial charge in [0.15, 0.2) is 0 Å². The maximum atomic E-state index is 11.4. The number of amides is 1. The Bertz CT molecular complexity index is 300. The van der Waals surface area contributed by atoms with Gasteiger partial charge in [0.25, 0.3) is 0 Å². The van der Waals surface area contributed by atoms with Crippen LogP contribution < -0.4 is 15.8 Å². The van der Waals surface area contributed by atoms with Gasteiger partial charge in [-0.25, -0.2) is 13.1 Å². The van der Waals surface area contributed by atoms with Crippen LogP contribution in [0.15, 0.2) is 0 Å². The van der Waals surface area contributed by atoms with Gasteiger partial charge >= 0.3 is 0 Å². The molecule has 7 heteroatoms. The Morgan fingerprint density at radius 2 is 1.87 bits per heavy atom. The van der Waals surface area contributed by atoms with Crippen LogP contribution >= 0.6 is 0 Å². The number of hydrogen-bond acceptors (Lipinski definition) is 4. The second-order valence-corrected chi connectivity index (χ2v) is 5.82. The lowest BCUT2D eigenvalue weighted by atomic mass is 10.4. The van der Waals surface area contributed by atoms with Crippen molar-refractivity contribution < 1.29 is 13.2 Å². The maximum absolute atomic E-state index is 11.4. The fourth-order valence-electron chi connectivity index (χ4n) is 0.808. The third kappa shape index (κ3) is 5.71. The predicted molar refractivity (Wildman–Crippen MR) is 58.7 cm³/mol. The van der Waals surface area contributed by atoms with E-state index in [0.717, 1.165) is 0 Å². The molecule has 0 aliphatic rings. The van der Waals surface area contributed by atoms with E-state index in [4.69, 9.17) is 5.73 Å². The average molecular weight is 237 g/mol. The van der Waals surface area contributed by atoms with Crippen LogP contribution in [0.1, 0.15) is 20.8 Å². The number of nitrogens with one attached hydrogen (secondary N) is 2. The monoisotopic (exact) mass is 237 g/mol. The van der Waals surface area contributed by atoms with Crippen LogP contribution in [0.4, 0.5) is 0 Å². The van der Waals surface area contributed by atoms with E-state index in [2.05, 4.69) is 10.0 Å². The Hall–Kier alpha value is -0.660. The molecule has 0 aromatic carbocycles. The lowest BCUT2D eigenvalue weighted by molar-refractivity contribution is -0.120. The Morgan fingerprint density at radius 3 is 2.27 bits per heavy atom. The molecule has 1 unspecified atom stereocenters. The minimum Gasteiger partial charge on any atom is -0.353 e. The van der Waals surface area contributed by atoms with Gasteiger partial charge in [-0.2, -0.15) is 0 Å². The first kappa shape index (κ1) is 14.3. The summed E-state index contributed by atoms with van der Waals surface area (Å²) >= 11 is 0. The van der Waals surface area contributed by atoms with Gasteiger partial charge < -0.3 is 11.1 Å². The molecule has 0 spiro atoms. The van der Waals surface area contributed by atoms with Crippen molar-refractivity contribution in [1.82, 2.24) is 10.0 Å². The summed E-state index contributed by atoms with van der Waals surface area (Å²) in [6.45, 7) is 4.87. The van der Waals surface area contributed by atoms with Crippen molar-refractivity contribution in [2.24, 2.45) is 5.73 Å². The first-order valence-corrected chi connectivity index (χ1v) is 6.32. The van der Waals surface area contributed by atoms with Gasteiger partial charge in [-0.3, -0.25) is 4.79 Å². The van der Waals surface area contributed by atoms with E-state index < -0.39 is 15.3 Å². The number of hydrogen-bond donors (Lipinski definition) is 3. The van der Waals surface area contributed by atoms with E-state index in [1.54, 1.807) is 13.8 Å². The molecule has 0 rings (SSSR count). The van der Waals surface area contributed by atoms with Gasteiger partial charge in [0.2, 0.25) is 15.9 Å². The Morgan fingerprint density at radius 1 is 1.33 bits per heavy atom. The molecule has 0 aliphatic heterocycles. The van der Waals surface area contributed by atoms with Gasteiger partial charge in [0.1, 0.15) is 0 Å². The van der Waals surface area contributed by atoms with Crippen LogP contribution in [0, 0.1) is 0 Å². The van der Waals surface area contributed by atoms with Crippen LogP contribution in [0.5, 0.6) is 0 Å². The van der Waals surface area contributed by atoms with Crippen LogP contribution in [0.2, 0.25) is 0 Å². The highest BCUT2D eigenvalue weighted by atomic mass is 32.2. The number of sulfonamides is 1. The first-order valence-electron chi connectivity index (χ1n) is 4.77. The molecule has 0 radical (unpaired) electrons. The molecule has 15 heavy (non-hydrogen) atoms. The van der Waals surface area contributed by atoms with Gasteiger partial charge in [-0.05, 0) is 20.8 Å². The molecule has 90 valence electrons. The minimum absolute atomic E-state index is 0.00561. The average Bonchev–Trinajstić information content (AvgIpc) is 2.12. The summed E-state index contributed by atoms with van der Waals surface area (Å²) in [5.41, 5.74) is 5.23. The van der Waals surface area contributed by atoms with E-state index in [1.807, 2.05) is 0 Å². The third-order valence-corrected chi connectivity index (χ3v) is 3.54. The molecule has 0 aliphatic carbocycles. The van der Waals surface area contributed by atoms with Crippen molar-refractivity contribution in [1.29, 1.82) is 0 Å². The highest BCUT2D eigenvalue weighted by Crippen LogP contribution is 1.94. The molecule has 0 aromatic heterocycles. The van der Waals surface area contributed by atoms with Gasteiger partial charge in [-0.15, -0.1) is 0 Å². The molecule has 6 nitrogen and oxygen atoms in total. The normalized spacial score (nSPS) is 13.9. The highest BCUT2D eigenvalue weighted by molar-refractivity contribution is 7.90. The summed E-state index contributed by atoms with van der Waals surface area (Å²) in [5.74, 6) is -0.349. The molecule has 0 saturated heterocycles. The van der Waals surface area contributed by atoms with Gasteiger partial charge in [0, 0.05) is 12.6 Å². The third-order valence-electron chi connectivity index (χ3n) is 1.75. The van der Waals surface area contributed by atoms with Crippen molar-refractivity contribution in [2.75, 3.05) is 13.1 Å². The molecular formula is C8H19N3O3S. The molecule has 1 amide bonds. The molecule has 0 aromatic rings. The highest BCUT2D eigenvalue weighted by Gasteiger charge is 2.19. The zero-order chi connectivity index (χ0) is 12.1. The summed E-state index contributed by atoms with van der Waals surface area (Å²) in [4.78, 5) is 11.1. The zero-order valence-electron chi connectivity index (χ0n) is 9.28. The molecular weight excluding hydrogens is 218 g/mol. The molecule has 0 fully saturated rings. The van der Waals surface area contributed by atoms with Gasteiger partial charge in [0.05, 0.1) is 11.8 Å². The molecule has 0 bridgehead atoms. The largest absolute Gasteiger partial charge is 0.353 e. The van der Waals surface area contributed by atoms with E-state index >= 15 is 0 Å². The van der Waals surface area contributed by atoms with Crippen LogP contribution in [0.25, 0.3) is 0 Å². The van der Waals surface area contributed by atoms with E-state index in [-0.39, 0.29) is 25.0 Å². The van der Waals surface area contributed by atoms with E-state index in [9.17, 15) is 13.2 Å². The van der Waals surface area contributed by atoms with Crippen molar-refractivity contribution in [3.63, 3.8) is 0 Å². The molecule has 0 saturated carbocycles.